The molecular formula is C20H24N2O2. The molecular weight excluding hydrogens is 300 g/mol. The minimum atomic E-state index is 0.0400. The molecule has 1 aliphatic heterocycles. The van der Waals surface area contributed by atoms with Gasteiger partial charge in [-0.05, 0) is 42.7 Å². The van der Waals surface area contributed by atoms with Gasteiger partial charge in [-0.1, -0.05) is 30.3 Å². The molecule has 0 aromatic heterocycles. The number of nitrogens with zero attached hydrogens (tertiary/aromatic N) is 2. The van der Waals surface area contributed by atoms with E-state index >= 15 is 0 Å². The van der Waals surface area contributed by atoms with E-state index < -0.39 is 0 Å². The van der Waals surface area contributed by atoms with Gasteiger partial charge in [-0.3, -0.25) is 9.59 Å². The quantitative estimate of drug-likeness (QED) is 0.802. The number of rotatable bonds is 3. The molecule has 0 bridgehead atoms. The van der Waals surface area contributed by atoms with Crippen LogP contribution in [0, 0.1) is 11.3 Å². The lowest BCUT2D eigenvalue weighted by atomic mass is 10.2. The Morgan fingerprint density at radius 2 is 1.71 bits per heavy atom. The van der Waals surface area contributed by atoms with Crippen LogP contribution in [0.2, 0.25) is 0 Å². The van der Waals surface area contributed by atoms with Crippen molar-refractivity contribution in [3.8, 4) is 0 Å². The third-order valence-corrected chi connectivity index (χ3v) is 5.72. The number of carbonyl (C=O) groups is 2. The average molecular weight is 324 g/mol. The van der Waals surface area contributed by atoms with Crippen LogP contribution in [0.15, 0.2) is 36.4 Å². The van der Waals surface area contributed by atoms with Gasteiger partial charge in [0.1, 0.15) is 0 Å². The summed E-state index contributed by atoms with van der Waals surface area (Å²) in [5.41, 5.74) is 1.44. The van der Waals surface area contributed by atoms with E-state index in [0.29, 0.717) is 24.4 Å². The molecule has 4 rings (SSSR count). The Hall–Kier alpha value is -2.10. The Bertz CT molecular complexity index is 663. The molecule has 1 heterocycles. The lowest BCUT2D eigenvalue weighted by Gasteiger charge is -2.21. The topological polar surface area (TPSA) is 40.6 Å². The summed E-state index contributed by atoms with van der Waals surface area (Å²) in [6.45, 7) is 2.84. The van der Waals surface area contributed by atoms with Crippen LogP contribution in [0.1, 0.15) is 31.2 Å². The maximum Gasteiger partial charge on any atom is 0.246 e. The first-order valence-corrected chi connectivity index (χ1v) is 8.99. The van der Waals surface area contributed by atoms with Crippen molar-refractivity contribution in [1.82, 2.24) is 9.80 Å². The van der Waals surface area contributed by atoms with E-state index in [1.54, 1.807) is 6.08 Å². The molecule has 1 saturated heterocycles. The molecule has 3 fully saturated rings. The summed E-state index contributed by atoms with van der Waals surface area (Å²) in [6, 6.07) is 9.85. The number of benzene rings is 1. The highest BCUT2D eigenvalue weighted by Gasteiger charge is 2.66. The molecule has 126 valence electrons. The Kier molecular flexibility index (Phi) is 3.91. The minimum Gasteiger partial charge on any atom is -0.341 e. The van der Waals surface area contributed by atoms with Gasteiger partial charge >= 0.3 is 0 Å². The van der Waals surface area contributed by atoms with E-state index in [1.807, 2.05) is 46.2 Å². The molecule has 4 nitrogen and oxygen atoms in total. The Morgan fingerprint density at radius 3 is 2.42 bits per heavy atom. The summed E-state index contributed by atoms with van der Waals surface area (Å²) in [5, 5.41) is 0. The first-order chi connectivity index (χ1) is 11.7. The average Bonchev–Trinajstić information content (AvgIpc) is 3.52. The van der Waals surface area contributed by atoms with Gasteiger partial charge in [0.05, 0.1) is 0 Å². The SMILES string of the molecule is O=C(/C=C/c1ccccc1)N1CCCN(C(=O)C2CC23CC3)CC1. The highest BCUT2D eigenvalue weighted by Crippen LogP contribution is 2.70. The van der Waals surface area contributed by atoms with Crippen LogP contribution >= 0.6 is 0 Å². The number of hydrogen-bond donors (Lipinski definition) is 0. The van der Waals surface area contributed by atoms with Gasteiger partial charge in [0.25, 0.3) is 0 Å². The van der Waals surface area contributed by atoms with Crippen molar-refractivity contribution in [2.75, 3.05) is 26.2 Å². The second-order valence-corrected chi connectivity index (χ2v) is 7.37. The molecule has 1 aromatic carbocycles. The predicted molar refractivity (Wildman–Crippen MR) is 93.0 cm³/mol. The molecule has 2 saturated carbocycles. The van der Waals surface area contributed by atoms with E-state index in [4.69, 9.17) is 0 Å². The smallest absolute Gasteiger partial charge is 0.246 e. The van der Waals surface area contributed by atoms with Crippen LogP contribution in [0.3, 0.4) is 0 Å². The third-order valence-electron chi connectivity index (χ3n) is 5.72. The summed E-state index contributed by atoms with van der Waals surface area (Å²) in [7, 11) is 0. The minimum absolute atomic E-state index is 0.0400. The van der Waals surface area contributed by atoms with Gasteiger partial charge in [-0.25, -0.2) is 0 Å². The molecule has 1 aromatic rings. The van der Waals surface area contributed by atoms with E-state index in [1.165, 1.54) is 12.8 Å². The van der Waals surface area contributed by atoms with E-state index in [2.05, 4.69) is 0 Å². The van der Waals surface area contributed by atoms with Crippen molar-refractivity contribution >= 4 is 17.9 Å². The zero-order chi connectivity index (χ0) is 16.6. The first-order valence-electron chi connectivity index (χ1n) is 8.99. The second kappa shape index (κ2) is 6.08. The summed E-state index contributed by atoms with van der Waals surface area (Å²) < 4.78 is 0. The molecule has 0 N–H and O–H groups in total. The van der Waals surface area contributed by atoms with E-state index in [9.17, 15) is 9.59 Å². The lowest BCUT2D eigenvalue weighted by Crippen LogP contribution is -2.37. The zero-order valence-corrected chi connectivity index (χ0v) is 14.0. The van der Waals surface area contributed by atoms with Crippen molar-refractivity contribution < 1.29 is 9.59 Å². The van der Waals surface area contributed by atoms with Crippen molar-refractivity contribution in [2.45, 2.75) is 25.7 Å². The first kappa shape index (κ1) is 15.4. The van der Waals surface area contributed by atoms with Gasteiger partial charge < -0.3 is 9.80 Å². The van der Waals surface area contributed by atoms with E-state index in [-0.39, 0.29) is 11.8 Å². The van der Waals surface area contributed by atoms with Gasteiger partial charge in [0.2, 0.25) is 11.8 Å². The largest absolute Gasteiger partial charge is 0.341 e. The Labute approximate surface area is 143 Å². The molecule has 24 heavy (non-hydrogen) atoms. The molecule has 2 amide bonds. The Morgan fingerprint density at radius 1 is 1.00 bits per heavy atom. The fourth-order valence-electron chi connectivity index (χ4n) is 3.83. The number of carbonyl (C=O) groups excluding carboxylic acids is 2. The summed E-state index contributed by atoms with van der Waals surface area (Å²) in [4.78, 5) is 28.8. The highest BCUT2D eigenvalue weighted by molar-refractivity contribution is 5.92. The molecule has 0 radical (unpaired) electrons. The van der Waals surface area contributed by atoms with Crippen LogP contribution in [-0.4, -0.2) is 47.8 Å². The van der Waals surface area contributed by atoms with E-state index in [0.717, 1.165) is 31.5 Å². The predicted octanol–water partition coefficient (Wildman–Crippen LogP) is 2.56. The van der Waals surface area contributed by atoms with Gasteiger partial charge in [0.15, 0.2) is 0 Å². The monoisotopic (exact) mass is 324 g/mol. The van der Waals surface area contributed by atoms with Gasteiger partial charge in [-0.2, -0.15) is 0 Å². The molecule has 1 atom stereocenters. The van der Waals surface area contributed by atoms with Crippen LogP contribution in [0.5, 0.6) is 0 Å². The molecule has 1 spiro atoms. The molecule has 2 aliphatic carbocycles. The molecule has 4 heteroatoms. The zero-order valence-electron chi connectivity index (χ0n) is 14.0. The summed E-state index contributed by atoms with van der Waals surface area (Å²) in [5.74, 6) is 0.664. The summed E-state index contributed by atoms with van der Waals surface area (Å²) in [6.07, 6.45) is 7.96. The fourth-order valence-corrected chi connectivity index (χ4v) is 3.83. The van der Waals surface area contributed by atoms with Gasteiger partial charge in [0, 0.05) is 38.2 Å². The number of amides is 2. The maximum absolute atomic E-state index is 12.6. The van der Waals surface area contributed by atoms with Crippen LogP contribution < -0.4 is 0 Å². The standard InChI is InChI=1S/C20H24N2O2/c23-18(8-7-16-5-2-1-3-6-16)21-11-4-12-22(14-13-21)19(24)17-15-20(17)9-10-20/h1-3,5-8,17H,4,9-15H2/b8-7+. The maximum atomic E-state index is 12.6. The summed E-state index contributed by atoms with van der Waals surface area (Å²) >= 11 is 0. The number of hydrogen-bond acceptors (Lipinski definition) is 2. The van der Waals surface area contributed by atoms with Crippen LogP contribution in [-0.2, 0) is 9.59 Å². The van der Waals surface area contributed by atoms with Crippen molar-refractivity contribution in [1.29, 1.82) is 0 Å². The normalized spacial score (nSPS) is 24.9. The Balaban J connectivity index is 1.32. The highest BCUT2D eigenvalue weighted by atomic mass is 16.2. The third kappa shape index (κ3) is 3.10. The fraction of sp³-hybridized carbons (Fsp3) is 0.500. The van der Waals surface area contributed by atoms with Crippen molar-refractivity contribution in [3.05, 3.63) is 42.0 Å². The van der Waals surface area contributed by atoms with Crippen LogP contribution in [0.25, 0.3) is 6.08 Å². The van der Waals surface area contributed by atoms with Crippen LogP contribution in [0.4, 0.5) is 0 Å². The lowest BCUT2D eigenvalue weighted by molar-refractivity contribution is -0.133. The van der Waals surface area contributed by atoms with Crippen molar-refractivity contribution in [2.24, 2.45) is 11.3 Å². The second-order valence-electron chi connectivity index (χ2n) is 7.37. The van der Waals surface area contributed by atoms with Gasteiger partial charge in [-0.15, -0.1) is 0 Å². The van der Waals surface area contributed by atoms with Crippen molar-refractivity contribution in [3.63, 3.8) is 0 Å². The molecule has 1 unspecified atom stereocenters. The molecule has 3 aliphatic rings.